The second-order valence-corrected chi connectivity index (χ2v) is 7.31. The minimum Gasteiger partial charge on any atom is -0.326 e. The highest BCUT2D eigenvalue weighted by molar-refractivity contribution is 7.86. The van der Waals surface area contributed by atoms with Gasteiger partial charge in [-0.25, -0.2) is 4.39 Å². The third-order valence-electron chi connectivity index (χ3n) is 3.35. The molecular weight excluding hydrogens is 340 g/mol. The van der Waals surface area contributed by atoms with E-state index in [2.05, 4.69) is 0 Å². The normalized spacial score (nSPS) is 19.8. The minimum absolute atomic E-state index is 0. The van der Waals surface area contributed by atoms with Crippen LogP contribution in [0.1, 0.15) is 12.0 Å². The smallest absolute Gasteiger partial charge is 0.282 e. The molecule has 5 nitrogen and oxygen atoms in total. The highest BCUT2D eigenvalue weighted by Gasteiger charge is 2.33. The van der Waals surface area contributed by atoms with Gasteiger partial charge in [0, 0.05) is 43.3 Å². The molecule has 120 valence electrons. The van der Waals surface area contributed by atoms with Crippen LogP contribution >= 0.6 is 24.0 Å². The molecule has 0 aromatic heterocycles. The molecule has 1 aromatic rings. The summed E-state index contributed by atoms with van der Waals surface area (Å²) in [5.74, 6) is -0.516. The second-order valence-electron chi connectivity index (χ2n) is 4.87. The SMILES string of the molecule is CN(Cc1c(F)cccc1Cl)S(=O)(=O)N1CC[C@@H](N)C1.Cl. The van der Waals surface area contributed by atoms with Crippen LogP contribution in [0.25, 0.3) is 0 Å². The molecule has 0 unspecified atom stereocenters. The van der Waals surface area contributed by atoms with Gasteiger partial charge in [-0.2, -0.15) is 17.0 Å². The molecule has 1 aromatic carbocycles. The molecule has 0 aliphatic carbocycles. The Morgan fingerprint density at radius 3 is 2.71 bits per heavy atom. The van der Waals surface area contributed by atoms with E-state index in [4.69, 9.17) is 17.3 Å². The van der Waals surface area contributed by atoms with E-state index in [1.807, 2.05) is 0 Å². The Labute approximate surface area is 135 Å². The summed E-state index contributed by atoms with van der Waals surface area (Å²) in [4.78, 5) is 0. The summed E-state index contributed by atoms with van der Waals surface area (Å²) in [5, 5.41) is 0.213. The predicted octanol–water partition coefficient (Wildman–Crippen LogP) is 1.61. The van der Waals surface area contributed by atoms with Crippen molar-refractivity contribution in [2.75, 3.05) is 20.1 Å². The van der Waals surface area contributed by atoms with Crippen LogP contribution in [0.5, 0.6) is 0 Å². The minimum atomic E-state index is -3.64. The molecule has 2 N–H and O–H groups in total. The Balaban J connectivity index is 0.00000220. The molecule has 0 spiro atoms. The van der Waals surface area contributed by atoms with Gasteiger partial charge in [0.2, 0.25) is 0 Å². The van der Waals surface area contributed by atoms with E-state index in [-0.39, 0.29) is 42.1 Å². The summed E-state index contributed by atoms with van der Waals surface area (Å²) in [6, 6.07) is 4.13. The first kappa shape index (κ1) is 18.6. The summed E-state index contributed by atoms with van der Waals surface area (Å²) < 4.78 is 40.8. The number of halogens is 3. The van der Waals surface area contributed by atoms with Crippen LogP contribution in [-0.4, -0.2) is 43.2 Å². The summed E-state index contributed by atoms with van der Waals surface area (Å²) in [5.41, 5.74) is 5.89. The predicted molar refractivity (Wildman–Crippen MR) is 83.2 cm³/mol. The van der Waals surface area contributed by atoms with Crippen molar-refractivity contribution in [3.8, 4) is 0 Å². The van der Waals surface area contributed by atoms with Crippen molar-refractivity contribution in [3.05, 3.63) is 34.6 Å². The zero-order valence-corrected chi connectivity index (χ0v) is 13.9. The molecule has 2 rings (SSSR count). The van der Waals surface area contributed by atoms with Crippen LogP contribution < -0.4 is 5.73 Å². The molecule has 1 aliphatic rings. The number of nitrogens with zero attached hydrogens (tertiary/aromatic N) is 2. The molecule has 21 heavy (non-hydrogen) atoms. The van der Waals surface area contributed by atoms with E-state index < -0.39 is 16.0 Å². The van der Waals surface area contributed by atoms with Gasteiger partial charge in [-0.05, 0) is 18.6 Å². The summed E-state index contributed by atoms with van der Waals surface area (Å²) >= 11 is 5.91. The number of benzene rings is 1. The third-order valence-corrected chi connectivity index (χ3v) is 5.61. The quantitative estimate of drug-likeness (QED) is 0.889. The first-order valence-electron chi connectivity index (χ1n) is 6.22. The second kappa shape index (κ2) is 7.21. The van der Waals surface area contributed by atoms with Crippen LogP contribution in [0.2, 0.25) is 5.02 Å². The molecule has 1 atom stereocenters. The van der Waals surface area contributed by atoms with Crippen molar-refractivity contribution in [2.24, 2.45) is 5.73 Å². The third kappa shape index (κ3) is 4.06. The average Bonchev–Trinajstić information content (AvgIpc) is 2.81. The molecule has 1 saturated heterocycles. The molecule has 1 heterocycles. The van der Waals surface area contributed by atoms with Crippen LogP contribution in [0.4, 0.5) is 4.39 Å². The lowest BCUT2D eigenvalue weighted by molar-refractivity contribution is 0.386. The van der Waals surface area contributed by atoms with Crippen molar-refractivity contribution in [2.45, 2.75) is 19.0 Å². The Hall–Kier alpha value is -0.440. The lowest BCUT2D eigenvalue weighted by Crippen LogP contribution is -2.41. The Morgan fingerprint density at radius 2 is 2.19 bits per heavy atom. The zero-order chi connectivity index (χ0) is 14.9. The van der Waals surface area contributed by atoms with Crippen molar-refractivity contribution in [1.82, 2.24) is 8.61 Å². The lowest BCUT2D eigenvalue weighted by Gasteiger charge is -2.24. The number of nitrogens with two attached hydrogens (primary N) is 1. The standard InChI is InChI=1S/C12H17ClFN3O2S.ClH/c1-16(8-10-11(13)3-2-4-12(10)14)20(18,19)17-6-5-9(15)7-17;/h2-4,9H,5-8,15H2,1H3;1H/t9-;/m1./s1. The fourth-order valence-corrected chi connectivity index (χ4v) is 3.77. The molecule has 0 bridgehead atoms. The average molecular weight is 358 g/mol. The first-order valence-corrected chi connectivity index (χ1v) is 7.99. The maximum atomic E-state index is 13.7. The number of hydrogen-bond acceptors (Lipinski definition) is 3. The largest absolute Gasteiger partial charge is 0.326 e. The van der Waals surface area contributed by atoms with Crippen molar-refractivity contribution in [1.29, 1.82) is 0 Å². The van der Waals surface area contributed by atoms with Gasteiger partial charge in [0.1, 0.15) is 5.82 Å². The van der Waals surface area contributed by atoms with Gasteiger partial charge in [0.25, 0.3) is 10.2 Å². The van der Waals surface area contributed by atoms with E-state index in [9.17, 15) is 12.8 Å². The molecule has 1 fully saturated rings. The number of hydrogen-bond donors (Lipinski definition) is 1. The van der Waals surface area contributed by atoms with Crippen LogP contribution in [0, 0.1) is 5.82 Å². The Kier molecular flexibility index (Phi) is 6.39. The monoisotopic (exact) mass is 357 g/mol. The molecule has 1 aliphatic heterocycles. The van der Waals surface area contributed by atoms with Gasteiger partial charge >= 0.3 is 0 Å². The number of rotatable bonds is 4. The maximum Gasteiger partial charge on any atom is 0.282 e. The maximum absolute atomic E-state index is 13.7. The highest BCUT2D eigenvalue weighted by Crippen LogP contribution is 2.23. The Bertz CT molecular complexity index is 580. The van der Waals surface area contributed by atoms with Gasteiger partial charge in [-0.15, -0.1) is 12.4 Å². The van der Waals surface area contributed by atoms with Crippen LogP contribution in [0.3, 0.4) is 0 Å². The molecule has 0 saturated carbocycles. The van der Waals surface area contributed by atoms with Gasteiger partial charge in [-0.3, -0.25) is 0 Å². The van der Waals surface area contributed by atoms with Crippen LogP contribution in [0.15, 0.2) is 18.2 Å². The van der Waals surface area contributed by atoms with Gasteiger partial charge < -0.3 is 5.73 Å². The van der Waals surface area contributed by atoms with E-state index in [0.29, 0.717) is 13.0 Å². The molecule has 0 radical (unpaired) electrons. The highest BCUT2D eigenvalue weighted by atomic mass is 35.5. The first-order chi connectivity index (χ1) is 9.32. The molecule has 0 amide bonds. The van der Waals surface area contributed by atoms with Crippen molar-refractivity contribution in [3.63, 3.8) is 0 Å². The Morgan fingerprint density at radius 1 is 1.52 bits per heavy atom. The van der Waals surface area contributed by atoms with Crippen LogP contribution in [-0.2, 0) is 16.8 Å². The molecule has 9 heteroatoms. The van der Waals surface area contributed by atoms with E-state index >= 15 is 0 Å². The van der Waals surface area contributed by atoms with E-state index in [1.165, 1.54) is 29.6 Å². The zero-order valence-electron chi connectivity index (χ0n) is 11.5. The molecular formula is C12H18Cl2FN3O2S. The fraction of sp³-hybridized carbons (Fsp3) is 0.500. The van der Waals surface area contributed by atoms with Crippen molar-refractivity contribution >= 4 is 34.2 Å². The summed E-state index contributed by atoms with van der Waals surface area (Å²) in [7, 11) is -2.24. The summed E-state index contributed by atoms with van der Waals surface area (Å²) in [6.45, 7) is 0.566. The van der Waals surface area contributed by atoms with Gasteiger partial charge in [-0.1, -0.05) is 17.7 Å². The van der Waals surface area contributed by atoms with Crippen molar-refractivity contribution < 1.29 is 12.8 Å². The van der Waals surface area contributed by atoms with E-state index in [1.54, 1.807) is 0 Å². The fourth-order valence-electron chi connectivity index (χ4n) is 2.15. The van der Waals surface area contributed by atoms with Gasteiger partial charge in [0.05, 0.1) is 0 Å². The lowest BCUT2D eigenvalue weighted by atomic mass is 10.2. The topological polar surface area (TPSA) is 66.6 Å². The summed E-state index contributed by atoms with van der Waals surface area (Å²) in [6.07, 6.45) is 0.632. The van der Waals surface area contributed by atoms with E-state index in [0.717, 1.165) is 4.31 Å². The van der Waals surface area contributed by atoms with Gasteiger partial charge in [0.15, 0.2) is 0 Å².